The Morgan fingerprint density at radius 1 is 0.923 bits per heavy atom. The van der Waals surface area contributed by atoms with Crippen LogP contribution in [-0.2, 0) is 14.8 Å². The summed E-state index contributed by atoms with van der Waals surface area (Å²) in [7, 11) is -3.92. The zero-order valence-corrected chi connectivity index (χ0v) is 14.4. The number of fused-ring (bicyclic) bond motifs is 2. The van der Waals surface area contributed by atoms with E-state index in [0.717, 1.165) is 0 Å². The molecular formula is C18H15NO6S. The van der Waals surface area contributed by atoms with E-state index in [-0.39, 0.29) is 46.8 Å². The van der Waals surface area contributed by atoms with Gasteiger partial charge in [-0.15, -0.1) is 0 Å². The zero-order valence-electron chi connectivity index (χ0n) is 13.6. The van der Waals surface area contributed by atoms with Crippen molar-refractivity contribution >= 4 is 27.6 Å². The van der Waals surface area contributed by atoms with Gasteiger partial charge in [-0.25, -0.2) is 13.1 Å². The first-order valence-corrected chi connectivity index (χ1v) is 9.33. The number of hydrogen-bond acceptors (Lipinski definition) is 5. The van der Waals surface area contributed by atoms with E-state index in [0.29, 0.717) is 5.56 Å². The first-order valence-electron chi connectivity index (χ1n) is 7.85. The lowest BCUT2D eigenvalue weighted by atomic mass is 9.84. The normalized spacial score (nSPS) is 13.2. The van der Waals surface area contributed by atoms with Crippen LogP contribution in [0.4, 0.5) is 0 Å². The summed E-state index contributed by atoms with van der Waals surface area (Å²) in [5.41, 5.74) is 0.752. The van der Waals surface area contributed by atoms with Gasteiger partial charge in [-0.1, -0.05) is 24.3 Å². The van der Waals surface area contributed by atoms with Crippen molar-refractivity contribution in [2.45, 2.75) is 17.7 Å². The SMILES string of the molecule is O=C(O)CCCNS(=O)(=O)c1ccc2c(c1)C(=O)c1ccccc1C2=O. The lowest BCUT2D eigenvalue weighted by Gasteiger charge is -2.18. The molecule has 8 heteroatoms. The molecule has 0 fully saturated rings. The molecule has 7 nitrogen and oxygen atoms in total. The highest BCUT2D eigenvalue weighted by Crippen LogP contribution is 2.28. The average molecular weight is 373 g/mol. The number of carbonyl (C=O) groups is 3. The van der Waals surface area contributed by atoms with Gasteiger partial charge in [0.25, 0.3) is 0 Å². The first kappa shape index (κ1) is 18.0. The van der Waals surface area contributed by atoms with Crippen molar-refractivity contribution in [2.75, 3.05) is 6.54 Å². The second-order valence-corrected chi connectivity index (χ2v) is 7.57. The van der Waals surface area contributed by atoms with Gasteiger partial charge < -0.3 is 5.11 Å². The summed E-state index contributed by atoms with van der Waals surface area (Å²) in [5.74, 6) is -1.74. The average Bonchev–Trinajstić information content (AvgIpc) is 2.63. The Morgan fingerprint density at radius 3 is 2.12 bits per heavy atom. The third kappa shape index (κ3) is 3.29. The van der Waals surface area contributed by atoms with Crippen LogP contribution in [-0.4, -0.2) is 37.6 Å². The summed E-state index contributed by atoms with van der Waals surface area (Å²) < 4.78 is 27.0. The van der Waals surface area contributed by atoms with Crippen LogP contribution in [0.1, 0.15) is 44.7 Å². The molecule has 0 heterocycles. The summed E-state index contributed by atoms with van der Waals surface area (Å²) >= 11 is 0. The monoisotopic (exact) mass is 373 g/mol. The molecule has 0 unspecified atom stereocenters. The maximum atomic E-state index is 12.6. The molecule has 0 atom stereocenters. The number of hydrogen-bond donors (Lipinski definition) is 2. The summed E-state index contributed by atoms with van der Waals surface area (Å²) in [5, 5.41) is 8.58. The number of ketones is 2. The number of carbonyl (C=O) groups excluding carboxylic acids is 2. The van der Waals surface area contributed by atoms with Crippen LogP contribution in [0.5, 0.6) is 0 Å². The van der Waals surface area contributed by atoms with E-state index in [1.807, 2.05) is 0 Å². The van der Waals surface area contributed by atoms with E-state index >= 15 is 0 Å². The molecule has 0 radical (unpaired) electrons. The topological polar surface area (TPSA) is 118 Å². The molecule has 26 heavy (non-hydrogen) atoms. The Balaban J connectivity index is 1.90. The second-order valence-electron chi connectivity index (χ2n) is 5.81. The number of benzene rings is 2. The maximum absolute atomic E-state index is 12.6. The number of carboxylic acid groups (broad SMARTS) is 1. The van der Waals surface area contributed by atoms with Gasteiger partial charge in [-0.2, -0.15) is 0 Å². The molecule has 134 valence electrons. The standard InChI is InChI=1S/C18H15NO6S/c20-16(21)6-3-9-19-26(24,25)11-7-8-14-15(10-11)18(23)13-5-2-1-4-12(13)17(14)22/h1-2,4-5,7-8,10,19H,3,6,9H2,(H,20,21). The lowest BCUT2D eigenvalue weighted by Crippen LogP contribution is -2.26. The summed E-state index contributed by atoms with van der Waals surface area (Å²) in [6, 6.07) is 10.2. The fourth-order valence-electron chi connectivity index (χ4n) is 2.78. The minimum Gasteiger partial charge on any atom is -0.481 e. The lowest BCUT2D eigenvalue weighted by molar-refractivity contribution is -0.137. The molecule has 2 aromatic rings. The van der Waals surface area contributed by atoms with E-state index in [1.165, 1.54) is 24.3 Å². The van der Waals surface area contributed by atoms with E-state index in [9.17, 15) is 22.8 Å². The van der Waals surface area contributed by atoms with Crippen LogP contribution in [0.3, 0.4) is 0 Å². The van der Waals surface area contributed by atoms with Crippen LogP contribution < -0.4 is 4.72 Å². The van der Waals surface area contributed by atoms with Crippen LogP contribution in [0, 0.1) is 0 Å². The van der Waals surface area contributed by atoms with E-state index < -0.39 is 21.8 Å². The van der Waals surface area contributed by atoms with Gasteiger partial charge in [-0.05, 0) is 24.6 Å². The molecule has 2 N–H and O–H groups in total. The fourth-order valence-corrected chi connectivity index (χ4v) is 3.88. The molecule has 0 saturated carbocycles. The molecule has 0 aromatic heterocycles. The number of aliphatic carboxylic acids is 1. The van der Waals surface area contributed by atoms with Gasteiger partial charge in [0.1, 0.15) is 0 Å². The smallest absolute Gasteiger partial charge is 0.303 e. The summed E-state index contributed by atoms with van der Waals surface area (Å²) in [4.78, 5) is 35.5. The molecule has 0 amide bonds. The van der Waals surface area contributed by atoms with Crippen LogP contribution in [0.15, 0.2) is 47.4 Å². The van der Waals surface area contributed by atoms with Crippen molar-refractivity contribution < 1.29 is 27.9 Å². The summed E-state index contributed by atoms with van der Waals surface area (Å²) in [6.07, 6.45) is -0.0131. The number of carboxylic acids is 1. The van der Waals surface area contributed by atoms with Gasteiger partial charge in [0.05, 0.1) is 4.90 Å². The molecule has 1 aliphatic carbocycles. The van der Waals surface area contributed by atoms with Crippen LogP contribution in [0.2, 0.25) is 0 Å². The van der Waals surface area contributed by atoms with Crippen molar-refractivity contribution in [3.05, 3.63) is 64.7 Å². The highest BCUT2D eigenvalue weighted by Gasteiger charge is 2.30. The number of rotatable bonds is 6. The largest absolute Gasteiger partial charge is 0.481 e. The van der Waals surface area contributed by atoms with Crippen LogP contribution in [0.25, 0.3) is 0 Å². The van der Waals surface area contributed by atoms with Crippen molar-refractivity contribution in [3.8, 4) is 0 Å². The minimum atomic E-state index is -3.92. The molecule has 0 saturated heterocycles. The quantitative estimate of drug-likeness (QED) is 0.634. The molecule has 1 aliphatic rings. The van der Waals surface area contributed by atoms with Gasteiger partial charge in [0.15, 0.2) is 11.6 Å². The van der Waals surface area contributed by atoms with Gasteiger partial charge in [0, 0.05) is 35.2 Å². The van der Waals surface area contributed by atoms with Crippen molar-refractivity contribution in [1.82, 2.24) is 4.72 Å². The first-order chi connectivity index (χ1) is 12.3. The van der Waals surface area contributed by atoms with Crippen molar-refractivity contribution in [3.63, 3.8) is 0 Å². The highest BCUT2D eigenvalue weighted by atomic mass is 32.2. The molecular weight excluding hydrogens is 358 g/mol. The van der Waals surface area contributed by atoms with Crippen molar-refractivity contribution in [1.29, 1.82) is 0 Å². The Morgan fingerprint density at radius 2 is 1.50 bits per heavy atom. The zero-order chi connectivity index (χ0) is 18.9. The van der Waals surface area contributed by atoms with Crippen molar-refractivity contribution in [2.24, 2.45) is 0 Å². The molecule has 2 aromatic carbocycles. The minimum absolute atomic E-state index is 0.0402. The molecule has 0 spiro atoms. The van der Waals surface area contributed by atoms with Gasteiger partial charge in [0.2, 0.25) is 10.0 Å². The van der Waals surface area contributed by atoms with E-state index in [1.54, 1.807) is 18.2 Å². The van der Waals surface area contributed by atoms with Crippen LogP contribution >= 0.6 is 0 Å². The summed E-state index contributed by atoms with van der Waals surface area (Å²) in [6.45, 7) is -0.0402. The third-order valence-corrected chi connectivity index (χ3v) is 5.53. The van der Waals surface area contributed by atoms with Gasteiger partial charge >= 0.3 is 5.97 Å². The number of sulfonamides is 1. The molecule has 0 aliphatic heterocycles. The van der Waals surface area contributed by atoms with E-state index in [4.69, 9.17) is 5.11 Å². The predicted molar refractivity (Wildman–Crippen MR) is 91.8 cm³/mol. The Bertz CT molecular complexity index is 1030. The Kier molecular flexibility index (Phi) is 4.71. The predicted octanol–water partition coefficient (Wildman–Crippen LogP) is 1.61. The Hall–Kier alpha value is -2.84. The molecule has 3 rings (SSSR count). The fraction of sp³-hybridized carbons (Fsp3) is 0.167. The second kappa shape index (κ2) is 6.81. The van der Waals surface area contributed by atoms with Gasteiger partial charge in [-0.3, -0.25) is 14.4 Å². The molecule has 0 bridgehead atoms. The number of nitrogens with one attached hydrogen (secondary N) is 1. The highest BCUT2D eigenvalue weighted by molar-refractivity contribution is 7.89. The Labute approximate surface area is 149 Å². The van der Waals surface area contributed by atoms with E-state index in [2.05, 4.69) is 4.72 Å². The maximum Gasteiger partial charge on any atom is 0.303 e. The third-order valence-electron chi connectivity index (χ3n) is 4.07.